The molecule has 0 amide bonds. The Morgan fingerprint density at radius 2 is 1.88 bits per heavy atom. The maximum atomic E-state index is 13.1. The van der Waals surface area contributed by atoms with Crippen LogP contribution in [0.25, 0.3) is 5.82 Å². The smallest absolute Gasteiger partial charge is 0.270 e. The van der Waals surface area contributed by atoms with Crippen LogP contribution in [0.1, 0.15) is 22.8 Å². The average molecular weight is 354 g/mol. The quantitative estimate of drug-likeness (QED) is 0.664. The number of hydrogen-bond acceptors (Lipinski definition) is 4. The summed E-state index contributed by atoms with van der Waals surface area (Å²) in [5.74, 6) is -0.0384. The number of Topliss-reactive ketones (excluding diaryl/α,β-unsaturated/α-hetero) is 1. The van der Waals surface area contributed by atoms with Crippen molar-refractivity contribution in [1.82, 2.24) is 9.55 Å². The maximum absolute atomic E-state index is 13.1. The number of halogens is 1. The van der Waals surface area contributed by atoms with Crippen molar-refractivity contribution in [3.63, 3.8) is 0 Å². The highest BCUT2D eigenvalue weighted by Gasteiger charge is 2.17. The molecule has 0 saturated carbocycles. The van der Waals surface area contributed by atoms with E-state index in [1.807, 2.05) is 0 Å². The molecule has 25 heavy (non-hydrogen) atoms. The van der Waals surface area contributed by atoms with Crippen LogP contribution in [0.3, 0.4) is 0 Å². The molecule has 0 fully saturated rings. The van der Waals surface area contributed by atoms with Crippen molar-refractivity contribution in [2.45, 2.75) is 23.6 Å². The fraction of sp³-hybridized carbons (Fsp3) is 0.105. The zero-order valence-corrected chi connectivity index (χ0v) is 14.5. The van der Waals surface area contributed by atoms with E-state index in [0.717, 1.165) is 4.90 Å². The lowest BCUT2D eigenvalue weighted by Crippen LogP contribution is -2.23. The van der Waals surface area contributed by atoms with Crippen molar-refractivity contribution >= 4 is 17.5 Å². The Kier molecular flexibility index (Phi) is 4.81. The molecule has 0 spiro atoms. The number of benzene rings is 1. The van der Waals surface area contributed by atoms with Crippen molar-refractivity contribution < 1.29 is 9.18 Å². The van der Waals surface area contributed by atoms with Gasteiger partial charge in [0.25, 0.3) is 5.56 Å². The second-order valence-corrected chi connectivity index (χ2v) is 6.56. The molecular formula is C19H15FN2O2S. The molecule has 0 saturated heterocycles. The predicted octanol–water partition coefficient (Wildman–Crippen LogP) is 4.03. The van der Waals surface area contributed by atoms with E-state index < -0.39 is 0 Å². The zero-order chi connectivity index (χ0) is 18.0. The summed E-state index contributed by atoms with van der Waals surface area (Å²) >= 11 is 1.21. The van der Waals surface area contributed by atoms with Gasteiger partial charge >= 0.3 is 0 Å². The average Bonchev–Trinajstić information content (AvgIpc) is 2.61. The summed E-state index contributed by atoms with van der Waals surface area (Å²) in [5, 5.41) is 0. The van der Waals surface area contributed by atoms with Crippen LogP contribution in [0, 0.1) is 12.7 Å². The Labute approximate surface area is 148 Å². The van der Waals surface area contributed by atoms with E-state index in [9.17, 15) is 14.0 Å². The van der Waals surface area contributed by atoms with Crippen LogP contribution in [0.4, 0.5) is 4.39 Å². The van der Waals surface area contributed by atoms with Crippen LogP contribution in [0.2, 0.25) is 0 Å². The van der Waals surface area contributed by atoms with E-state index in [0.29, 0.717) is 21.8 Å². The van der Waals surface area contributed by atoms with Gasteiger partial charge in [0.1, 0.15) is 11.6 Å². The van der Waals surface area contributed by atoms with Gasteiger partial charge in [-0.3, -0.25) is 14.2 Å². The number of pyridine rings is 2. The van der Waals surface area contributed by atoms with Crippen molar-refractivity contribution in [3.8, 4) is 5.82 Å². The minimum Gasteiger partial charge on any atom is -0.294 e. The summed E-state index contributed by atoms with van der Waals surface area (Å²) in [7, 11) is 0. The molecule has 1 aromatic carbocycles. The van der Waals surface area contributed by atoms with Crippen molar-refractivity contribution in [2.75, 3.05) is 0 Å². The van der Waals surface area contributed by atoms with E-state index in [2.05, 4.69) is 4.98 Å². The van der Waals surface area contributed by atoms with Crippen molar-refractivity contribution in [3.05, 3.63) is 82.2 Å². The summed E-state index contributed by atoms with van der Waals surface area (Å²) in [4.78, 5) is 30.3. The molecule has 0 bridgehead atoms. The summed E-state index contributed by atoms with van der Waals surface area (Å²) in [6.07, 6.45) is 3.11. The summed E-state index contributed by atoms with van der Waals surface area (Å²) in [5.41, 5.74) is 0.796. The Hall–Kier alpha value is -2.73. The van der Waals surface area contributed by atoms with E-state index in [1.165, 1.54) is 41.6 Å². The number of rotatable bonds is 4. The van der Waals surface area contributed by atoms with Crippen LogP contribution in [-0.2, 0) is 0 Å². The molecule has 2 heterocycles. The molecule has 0 N–H and O–H groups in total. The molecule has 0 aliphatic heterocycles. The third-order valence-corrected chi connectivity index (χ3v) is 4.92. The maximum Gasteiger partial charge on any atom is 0.270 e. The number of ketones is 1. The zero-order valence-electron chi connectivity index (χ0n) is 13.7. The van der Waals surface area contributed by atoms with Gasteiger partial charge in [0.15, 0.2) is 5.78 Å². The van der Waals surface area contributed by atoms with Gasteiger partial charge in [-0.25, -0.2) is 9.37 Å². The highest BCUT2D eigenvalue weighted by atomic mass is 32.2. The highest BCUT2D eigenvalue weighted by Crippen LogP contribution is 2.29. The monoisotopic (exact) mass is 354 g/mol. The number of hydrogen-bond donors (Lipinski definition) is 0. The number of carbonyl (C=O) groups is 1. The first-order chi connectivity index (χ1) is 12.0. The van der Waals surface area contributed by atoms with Crippen LogP contribution < -0.4 is 5.56 Å². The Bertz CT molecular complexity index is 983. The first-order valence-corrected chi connectivity index (χ1v) is 8.41. The Morgan fingerprint density at radius 3 is 2.48 bits per heavy atom. The van der Waals surface area contributed by atoms with Crippen molar-refractivity contribution in [2.24, 2.45) is 0 Å². The predicted molar refractivity (Wildman–Crippen MR) is 95.1 cm³/mol. The van der Waals surface area contributed by atoms with E-state index in [-0.39, 0.29) is 17.2 Å². The lowest BCUT2D eigenvalue weighted by Gasteiger charge is -2.13. The van der Waals surface area contributed by atoms with Gasteiger partial charge < -0.3 is 0 Å². The van der Waals surface area contributed by atoms with Crippen LogP contribution in [0.15, 0.2) is 69.4 Å². The molecular weight excluding hydrogens is 339 g/mol. The van der Waals surface area contributed by atoms with E-state index >= 15 is 0 Å². The van der Waals surface area contributed by atoms with E-state index in [1.54, 1.807) is 43.5 Å². The van der Waals surface area contributed by atoms with Gasteiger partial charge in [0.05, 0.1) is 4.90 Å². The lowest BCUT2D eigenvalue weighted by molar-refractivity contribution is 0.101. The number of carbonyl (C=O) groups excluding carboxylic acids is 1. The fourth-order valence-corrected chi connectivity index (χ4v) is 3.40. The normalized spacial score (nSPS) is 10.7. The van der Waals surface area contributed by atoms with Gasteiger partial charge in [-0.2, -0.15) is 0 Å². The van der Waals surface area contributed by atoms with Gasteiger partial charge in [0.2, 0.25) is 0 Å². The topological polar surface area (TPSA) is 52.0 Å². The van der Waals surface area contributed by atoms with Crippen LogP contribution >= 0.6 is 11.8 Å². The molecule has 2 aromatic heterocycles. The first-order valence-electron chi connectivity index (χ1n) is 7.59. The SMILES string of the molecule is CC(=O)c1cn(-c2ccccn2)c(=O)c(Sc2ccc(F)cc2)c1C. The number of aromatic nitrogens is 2. The molecule has 6 heteroatoms. The van der Waals surface area contributed by atoms with Crippen molar-refractivity contribution in [1.29, 1.82) is 0 Å². The standard InChI is InChI=1S/C19H15FN2O2S/c1-12-16(13(2)23)11-22(17-5-3-4-10-21-17)19(24)18(12)25-15-8-6-14(20)7-9-15/h3-11H,1-2H3. The molecule has 0 radical (unpaired) electrons. The molecule has 0 aliphatic rings. The largest absolute Gasteiger partial charge is 0.294 e. The summed E-state index contributed by atoms with van der Waals surface area (Å²) in [6, 6.07) is 11.1. The summed E-state index contributed by atoms with van der Waals surface area (Å²) < 4.78 is 14.5. The molecule has 3 rings (SSSR count). The third-order valence-electron chi connectivity index (χ3n) is 3.72. The molecule has 4 nitrogen and oxygen atoms in total. The molecule has 3 aromatic rings. The summed E-state index contributed by atoms with van der Waals surface area (Å²) in [6.45, 7) is 3.20. The van der Waals surface area contributed by atoms with Crippen LogP contribution in [-0.4, -0.2) is 15.3 Å². The Balaban J connectivity index is 2.19. The molecule has 0 atom stereocenters. The van der Waals surface area contributed by atoms with Gasteiger partial charge in [-0.1, -0.05) is 17.8 Å². The minimum absolute atomic E-state index is 0.136. The van der Waals surface area contributed by atoms with E-state index in [4.69, 9.17) is 0 Å². The molecule has 0 aliphatic carbocycles. The molecule has 0 unspecified atom stereocenters. The third kappa shape index (κ3) is 3.53. The highest BCUT2D eigenvalue weighted by molar-refractivity contribution is 7.99. The van der Waals surface area contributed by atoms with Gasteiger partial charge in [0, 0.05) is 22.9 Å². The fourth-order valence-electron chi connectivity index (χ4n) is 2.44. The second kappa shape index (κ2) is 7.03. The second-order valence-electron chi connectivity index (χ2n) is 5.47. The lowest BCUT2D eigenvalue weighted by atomic mass is 10.1. The first kappa shape index (κ1) is 17.1. The Morgan fingerprint density at radius 1 is 1.16 bits per heavy atom. The number of nitrogens with zero attached hydrogens (tertiary/aromatic N) is 2. The van der Waals surface area contributed by atoms with Gasteiger partial charge in [-0.15, -0.1) is 0 Å². The molecule has 126 valence electrons. The van der Waals surface area contributed by atoms with Gasteiger partial charge in [-0.05, 0) is 55.8 Å². The minimum atomic E-state index is -0.343. The van der Waals surface area contributed by atoms with Crippen LogP contribution in [0.5, 0.6) is 0 Å².